The van der Waals surface area contributed by atoms with E-state index < -0.39 is 29.5 Å². The number of hydrogen-bond donors (Lipinski definition) is 0. The molecule has 22 heavy (non-hydrogen) atoms. The van der Waals surface area contributed by atoms with Crippen LogP contribution in [0.4, 0.5) is 4.79 Å². The third kappa shape index (κ3) is 5.29. The number of nitrogens with zero attached hydrogens (tertiary/aromatic N) is 1. The fourth-order valence-corrected chi connectivity index (χ4v) is 2.20. The number of amides is 1. The summed E-state index contributed by atoms with van der Waals surface area (Å²) in [4.78, 5) is 37.1. The molecule has 1 fully saturated rings. The highest BCUT2D eigenvalue weighted by Crippen LogP contribution is 2.20. The van der Waals surface area contributed by atoms with Crippen LogP contribution in [-0.2, 0) is 23.8 Å². The summed E-state index contributed by atoms with van der Waals surface area (Å²) in [5, 5.41) is 0. The fourth-order valence-electron chi connectivity index (χ4n) is 2.20. The Morgan fingerprint density at radius 3 is 2.41 bits per heavy atom. The Morgan fingerprint density at radius 2 is 1.86 bits per heavy atom. The number of carbonyl (C=O) groups is 3. The highest BCUT2D eigenvalue weighted by Gasteiger charge is 2.37. The zero-order valence-electron chi connectivity index (χ0n) is 13.9. The van der Waals surface area contributed by atoms with Crippen molar-refractivity contribution in [3.05, 3.63) is 0 Å². The van der Waals surface area contributed by atoms with Crippen LogP contribution in [0, 0.1) is 0 Å². The van der Waals surface area contributed by atoms with E-state index in [0.717, 1.165) is 0 Å². The van der Waals surface area contributed by atoms with Gasteiger partial charge in [0, 0.05) is 6.42 Å². The molecule has 0 spiro atoms. The molecule has 0 saturated carbocycles. The summed E-state index contributed by atoms with van der Waals surface area (Å²) >= 11 is 0. The van der Waals surface area contributed by atoms with Crippen LogP contribution in [0.1, 0.15) is 41.0 Å². The largest absolute Gasteiger partial charge is 0.460 e. The first-order valence-electron chi connectivity index (χ1n) is 7.44. The molecule has 0 radical (unpaired) electrons. The lowest BCUT2D eigenvalue weighted by atomic mass is 10.1. The highest BCUT2D eigenvalue weighted by molar-refractivity contribution is 6.33. The lowest BCUT2D eigenvalue weighted by Crippen LogP contribution is -2.55. The average molecular weight is 315 g/mol. The number of rotatable bonds is 4. The minimum Gasteiger partial charge on any atom is -0.460 e. The summed E-state index contributed by atoms with van der Waals surface area (Å²) in [5.41, 5.74) is -0.634. The van der Waals surface area contributed by atoms with Crippen molar-refractivity contribution in [2.75, 3.05) is 19.8 Å². The molecule has 1 heterocycles. The molecule has 0 aromatic heterocycles. The van der Waals surface area contributed by atoms with E-state index in [2.05, 4.69) is 4.74 Å². The molecule has 126 valence electrons. The first-order valence-corrected chi connectivity index (χ1v) is 7.44. The number of ketones is 1. The summed E-state index contributed by atoms with van der Waals surface area (Å²) in [6, 6.07) is -0.765. The maximum absolute atomic E-state index is 12.3. The van der Waals surface area contributed by atoms with Crippen LogP contribution in [0.3, 0.4) is 0 Å². The number of ether oxygens (including phenoxy) is 3. The Balaban J connectivity index is 2.79. The van der Waals surface area contributed by atoms with Crippen molar-refractivity contribution in [3.8, 4) is 0 Å². The van der Waals surface area contributed by atoms with Crippen molar-refractivity contribution in [3.63, 3.8) is 0 Å². The normalized spacial score (nSPS) is 22.1. The molecule has 7 nitrogen and oxygen atoms in total. The van der Waals surface area contributed by atoms with Crippen LogP contribution in [0.2, 0.25) is 0 Å². The third-order valence-electron chi connectivity index (χ3n) is 3.07. The van der Waals surface area contributed by atoms with Gasteiger partial charge in [0.1, 0.15) is 5.60 Å². The van der Waals surface area contributed by atoms with Gasteiger partial charge < -0.3 is 14.2 Å². The Labute approximate surface area is 130 Å². The Hall–Kier alpha value is -1.63. The minimum absolute atomic E-state index is 0.136. The van der Waals surface area contributed by atoms with Crippen LogP contribution < -0.4 is 0 Å². The van der Waals surface area contributed by atoms with Gasteiger partial charge in [0.05, 0.1) is 31.9 Å². The summed E-state index contributed by atoms with van der Waals surface area (Å²) in [5.74, 6) is -1.55. The molecule has 1 rings (SSSR count). The summed E-state index contributed by atoms with van der Waals surface area (Å²) < 4.78 is 15.4. The molecule has 1 amide bonds. The summed E-state index contributed by atoms with van der Waals surface area (Å²) in [6.07, 6.45) is -0.646. The molecule has 0 aromatic rings. The topological polar surface area (TPSA) is 82.1 Å². The second-order valence-corrected chi connectivity index (χ2v) is 6.28. The van der Waals surface area contributed by atoms with Crippen LogP contribution in [-0.4, -0.2) is 60.3 Å². The molecule has 0 aromatic carbocycles. The van der Waals surface area contributed by atoms with Gasteiger partial charge in [-0.25, -0.2) is 9.59 Å². The van der Waals surface area contributed by atoms with Gasteiger partial charge in [-0.1, -0.05) is 0 Å². The van der Waals surface area contributed by atoms with E-state index in [-0.39, 0.29) is 25.7 Å². The quantitative estimate of drug-likeness (QED) is 0.578. The monoisotopic (exact) mass is 315 g/mol. The van der Waals surface area contributed by atoms with E-state index in [0.29, 0.717) is 6.61 Å². The molecule has 1 aliphatic heterocycles. The van der Waals surface area contributed by atoms with Gasteiger partial charge in [0.25, 0.3) is 0 Å². The molecule has 0 N–H and O–H groups in total. The van der Waals surface area contributed by atoms with E-state index in [1.165, 1.54) is 4.90 Å². The molecule has 2 atom stereocenters. The molecule has 1 saturated heterocycles. The smallest absolute Gasteiger partial charge is 0.410 e. The predicted molar refractivity (Wildman–Crippen MR) is 78.4 cm³/mol. The van der Waals surface area contributed by atoms with Gasteiger partial charge >= 0.3 is 12.1 Å². The van der Waals surface area contributed by atoms with Crippen molar-refractivity contribution >= 4 is 17.8 Å². The highest BCUT2D eigenvalue weighted by atomic mass is 16.6. The van der Waals surface area contributed by atoms with Crippen LogP contribution in [0.5, 0.6) is 0 Å². The van der Waals surface area contributed by atoms with E-state index in [1.807, 2.05) is 6.92 Å². The number of morpholine rings is 1. The number of Topliss-reactive ketones (excluding diaryl/α,β-unsaturated/α-hetero) is 1. The van der Waals surface area contributed by atoms with Gasteiger partial charge in [0.2, 0.25) is 5.78 Å². The van der Waals surface area contributed by atoms with E-state index in [4.69, 9.17) is 9.47 Å². The molecule has 0 bridgehead atoms. The summed E-state index contributed by atoms with van der Waals surface area (Å²) in [6.45, 7) is 9.45. The van der Waals surface area contributed by atoms with Gasteiger partial charge in [-0.2, -0.15) is 0 Å². The van der Waals surface area contributed by atoms with E-state index in [1.54, 1.807) is 27.7 Å². The first kappa shape index (κ1) is 18.4. The standard InChI is InChI=1S/C15H25NO6/c1-6-21-13(18)12(17)7-11-9-20-8-10(2)16(11)14(19)22-15(3,4)5/h10-11H,6-9H2,1-5H3. The van der Waals surface area contributed by atoms with Crippen LogP contribution in [0.25, 0.3) is 0 Å². The number of carbonyl (C=O) groups excluding carboxylic acids is 3. The Kier molecular flexibility index (Phi) is 6.34. The number of esters is 1. The minimum atomic E-state index is -0.884. The van der Waals surface area contributed by atoms with Crippen LogP contribution >= 0.6 is 0 Å². The van der Waals surface area contributed by atoms with Gasteiger partial charge in [0.15, 0.2) is 0 Å². The van der Waals surface area contributed by atoms with E-state index in [9.17, 15) is 14.4 Å². The molecule has 2 unspecified atom stereocenters. The maximum atomic E-state index is 12.3. The molecule has 7 heteroatoms. The SMILES string of the molecule is CCOC(=O)C(=O)CC1COCC(C)N1C(=O)OC(C)(C)C. The van der Waals surface area contributed by atoms with Crippen LogP contribution in [0.15, 0.2) is 0 Å². The van der Waals surface area contributed by atoms with Crippen molar-refractivity contribution < 1.29 is 28.6 Å². The summed E-state index contributed by atoms with van der Waals surface area (Å²) in [7, 11) is 0. The van der Waals surface area contributed by atoms with Gasteiger partial charge in [-0.05, 0) is 34.6 Å². The molecular formula is C15H25NO6. The van der Waals surface area contributed by atoms with Gasteiger partial charge in [-0.15, -0.1) is 0 Å². The second kappa shape index (κ2) is 7.58. The fraction of sp³-hybridized carbons (Fsp3) is 0.800. The molecule has 1 aliphatic rings. The zero-order valence-corrected chi connectivity index (χ0v) is 13.9. The lowest BCUT2D eigenvalue weighted by Gasteiger charge is -2.40. The predicted octanol–water partition coefficient (Wildman–Crippen LogP) is 1.53. The zero-order chi connectivity index (χ0) is 16.9. The van der Waals surface area contributed by atoms with Gasteiger partial charge in [-0.3, -0.25) is 9.69 Å². The van der Waals surface area contributed by atoms with Crippen molar-refractivity contribution in [1.82, 2.24) is 4.90 Å². The maximum Gasteiger partial charge on any atom is 0.410 e. The average Bonchev–Trinajstić information content (AvgIpc) is 2.36. The third-order valence-corrected chi connectivity index (χ3v) is 3.07. The Bertz CT molecular complexity index is 428. The van der Waals surface area contributed by atoms with Crippen molar-refractivity contribution in [1.29, 1.82) is 0 Å². The van der Waals surface area contributed by atoms with Crippen molar-refractivity contribution in [2.24, 2.45) is 0 Å². The lowest BCUT2D eigenvalue weighted by molar-refractivity contribution is -0.154. The second-order valence-electron chi connectivity index (χ2n) is 6.28. The van der Waals surface area contributed by atoms with Crippen molar-refractivity contribution in [2.45, 2.75) is 58.7 Å². The Morgan fingerprint density at radius 1 is 1.23 bits per heavy atom. The first-order chi connectivity index (χ1) is 10.2. The molecular weight excluding hydrogens is 290 g/mol. The molecule has 0 aliphatic carbocycles. The van der Waals surface area contributed by atoms with E-state index >= 15 is 0 Å². The number of hydrogen-bond acceptors (Lipinski definition) is 6.